The van der Waals surface area contributed by atoms with E-state index < -0.39 is 0 Å². The Morgan fingerprint density at radius 3 is 2.63 bits per heavy atom. The van der Waals surface area contributed by atoms with Gasteiger partial charge >= 0.3 is 0 Å². The molecule has 7 nitrogen and oxygen atoms in total. The number of rotatable bonds is 4. The third-order valence-corrected chi connectivity index (χ3v) is 5.98. The van der Waals surface area contributed by atoms with Crippen LogP contribution in [0.4, 0.5) is 5.69 Å². The first-order valence-electron chi connectivity index (χ1n) is 10.7. The Morgan fingerprint density at radius 1 is 1.07 bits per heavy atom. The van der Waals surface area contributed by atoms with Crippen LogP contribution in [0.5, 0.6) is 0 Å². The van der Waals surface area contributed by atoms with Gasteiger partial charge in [0.25, 0.3) is 0 Å². The van der Waals surface area contributed by atoms with Crippen molar-refractivity contribution in [3.63, 3.8) is 0 Å². The summed E-state index contributed by atoms with van der Waals surface area (Å²) in [6.45, 7) is 8.22. The summed E-state index contributed by atoms with van der Waals surface area (Å²) in [5.41, 5.74) is 1.11. The van der Waals surface area contributed by atoms with E-state index in [9.17, 15) is 0 Å². The fourth-order valence-corrected chi connectivity index (χ4v) is 4.36. The molecule has 0 atom stereocenters. The molecule has 0 saturated carbocycles. The van der Waals surface area contributed by atoms with E-state index in [0.717, 1.165) is 74.0 Å². The summed E-state index contributed by atoms with van der Waals surface area (Å²) >= 11 is 6.38. The Hall–Kier alpha value is -1.55. The molecule has 30 heavy (non-hydrogen) atoms. The highest BCUT2D eigenvalue weighted by Gasteiger charge is 2.21. The van der Waals surface area contributed by atoms with Crippen LogP contribution in [0.1, 0.15) is 37.8 Å². The summed E-state index contributed by atoms with van der Waals surface area (Å²) in [7, 11) is 0. The molecule has 0 radical (unpaired) electrons. The molecule has 164 valence electrons. The molecule has 3 heterocycles. The second-order valence-electron chi connectivity index (χ2n) is 7.59. The summed E-state index contributed by atoms with van der Waals surface area (Å²) in [6, 6.07) is 8.06. The van der Waals surface area contributed by atoms with Crippen LogP contribution in [-0.4, -0.2) is 58.3 Å². The van der Waals surface area contributed by atoms with Crippen molar-refractivity contribution in [2.75, 3.05) is 37.6 Å². The first-order valence-corrected chi connectivity index (χ1v) is 11.1. The zero-order chi connectivity index (χ0) is 20.1. The van der Waals surface area contributed by atoms with Gasteiger partial charge in [0.05, 0.1) is 10.7 Å². The van der Waals surface area contributed by atoms with Crippen LogP contribution < -0.4 is 10.2 Å². The smallest absolute Gasteiger partial charge is 0.194 e. The van der Waals surface area contributed by atoms with Crippen LogP contribution in [0, 0.1) is 0 Å². The lowest BCUT2D eigenvalue weighted by molar-refractivity contribution is 0.372. The molecule has 4 rings (SSSR count). The lowest BCUT2D eigenvalue weighted by atomic mass is 10.2. The normalized spacial score (nSPS) is 17.2. The zero-order valence-electron chi connectivity index (χ0n) is 17.6. The van der Waals surface area contributed by atoms with Crippen molar-refractivity contribution in [1.82, 2.24) is 25.0 Å². The van der Waals surface area contributed by atoms with Gasteiger partial charge in [0.15, 0.2) is 11.8 Å². The van der Waals surface area contributed by atoms with Gasteiger partial charge in [-0.05, 0) is 31.9 Å². The Labute approximate surface area is 200 Å². The standard InChI is InChI=1S/C21H30ClN7.HI/c1-2-23-21(24-16-20-26-25-19-10-4-3-7-11-29(19)20)28-14-12-27(13-15-28)18-9-6-5-8-17(18)22;/h5-6,8-9H,2-4,7,10-16H2,1H3,(H,23,24);1H. The second-order valence-corrected chi connectivity index (χ2v) is 8.00. The molecule has 2 aliphatic rings. The minimum Gasteiger partial charge on any atom is -0.367 e. The predicted octanol–water partition coefficient (Wildman–Crippen LogP) is 3.56. The third kappa shape index (κ3) is 5.38. The van der Waals surface area contributed by atoms with Gasteiger partial charge in [-0.15, -0.1) is 34.2 Å². The monoisotopic (exact) mass is 543 g/mol. The van der Waals surface area contributed by atoms with Crippen LogP contribution in [0.25, 0.3) is 0 Å². The summed E-state index contributed by atoms with van der Waals surface area (Å²) in [5, 5.41) is 13.1. The fourth-order valence-electron chi connectivity index (χ4n) is 4.10. The quantitative estimate of drug-likeness (QED) is 0.363. The number of benzene rings is 1. The Morgan fingerprint density at radius 2 is 1.87 bits per heavy atom. The van der Waals surface area contributed by atoms with E-state index in [1.54, 1.807) is 0 Å². The first kappa shape index (κ1) is 23.1. The van der Waals surface area contributed by atoms with Gasteiger partial charge in [-0.2, -0.15) is 0 Å². The summed E-state index contributed by atoms with van der Waals surface area (Å²) in [5.74, 6) is 3.05. The van der Waals surface area contributed by atoms with E-state index in [1.807, 2.05) is 18.2 Å². The average Bonchev–Trinajstić information content (AvgIpc) is 2.98. The number of aromatic nitrogens is 3. The van der Waals surface area contributed by atoms with Crippen molar-refractivity contribution in [2.45, 2.75) is 45.7 Å². The number of hydrogen-bond donors (Lipinski definition) is 1. The van der Waals surface area contributed by atoms with Gasteiger partial charge in [0.1, 0.15) is 12.4 Å². The number of anilines is 1. The number of piperazine rings is 1. The van der Waals surface area contributed by atoms with E-state index in [0.29, 0.717) is 6.54 Å². The van der Waals surface area contributed by atoms with Crippen LogP contribution in [0.2, 0.25) is 5.02 Å². The molecule has 0 spiro atoms. The zero-order valence-corrected chi connectivity index (χ0v) is 20.6. The molecule has 0 unspecified atom stereocenters. The molecule has 0 amide bonds. The van der Waals surface area contributed by atoms with Gasteiger partial charge < -0.3 is 19.7 Å². The Bertz CT molecular complexity index is 846. The first-order chi connectivity index (χ1) is 14.3. The maximum Gasteiger partial charge on any atom is 0.194 e. The highest BCUT2D eigenvalue weighted by molar-refractivity contribution is 14.0. The van der Waals surface area contributed by atoms with E-state index in [1.165, 1.54) is 19.3 Å². The van der Waals surface area contributed by atoms with Crippen molar-refractivity contribution in [3.8, 4) is 0 Å². The van der Waals surface area contributed by atoms with Gasteiger partial charge in [0.2, 0.25) is 0 Å². The largest absolute Gasteiger partial charge is 0.367 e. The Balaban J connectivity index is 0.00000256. The van der Waals surface area contributed by atoms with Gasteiger partial charge in [-0.25, -0.2) is 4.99 Å². The molecule has 0 aliphatic carbocycles. The second kappa shape index (κ2) is 11.2. The van der Waals surface area contributed by atoms with E-state index in [-0.39, 0.29) is 24.0 Å². The molecule has 1 aromatic heterocycles. The molecule has 2 aromatic rings. The Kier molecular flexibility index (Phi) is 8.61. The molecule has 1 aromatic carbocycles. The lowest BCUT2D eigenvalue weighted by Gasteiger charge is -2.38. The number of aryl methyl sites for hydroxylation is 1. The van der Waals surface area contributed by atoms with E-state index in [4.69, 9.17) is 16.6 Å². The molecule has 1 N–H and O–H groups in total. The molecule has 1 saturated heterocycles. The maximum absolute atomic E-state index is 6.38. The number of aliphatic imine (C=N–C) groups is 1. The minimum atomic E-state index is 0. The molecular formula is C21H31ClIN7. The molecule has 1 fully saturated rings. The highest BCUT2D eigenvalue weighted by Crippen LogP contribution is 2.26. The number of nitrogens with zero attached hydrogens (tertiary/aromatic N) is 6. The highest BCUT2D eigenvalue weighted by atomic mass is 127. The lowest BCUT2D eigenvalue weighted by Crippen LogP contribution is -2.52. The number of guanidine groups is 1. The van der Waals surface area contributed by atoms with Crippen molar-refractivity contribution >= 4 is 47.2 Å². The summed E-state index contributed by atoms with van der Waals surface area (Å²) in [6.07, 6.45) is 4.71. The van der Waals surface area contributed by atoms with Gasteiger partial charge in [0, 0.05) is 45.7 Å². The van der Waals surface area contributed by atoms with Crippen LogP contribution >= 0.6 is 35.6 Å². The van der Waals surface area contributed by atoms with Crippen LogP contribution in [0.3, 0.4) is 0 Å². The fraction of sp³-hybridized carbons (Fsp3) is 0.571. The minimum absolute atomic E-state index is 0. The number of nitrogens with one attached hydrogen (secondary N) is 1. The maximum atomic E-state index is 6.38. The molecule has 9 heteroatoms. The van der Waals surface area contributed by atoms with Crippen LogP contribution in [0.15, 0.2) is 29.3 Å². The summed E-state index contributed by atoms with van der Waals surface area (Å²) in [4.78, 5) is 9.58. The number of fused-ring (bicyclic) bond motifs is 1. The number of hydrogen-bond acceptors (Lipinski definition) is 4. The summed E-state index contributed by atoms with van der Waals surface area (Å²) < 4.78 is 2.27. The van der Waals surface area contributed by atoms with Gasteiger partial charge in [-0.3, -0.25) is 0 Å². The number of para-hydroxylation sites is 1. The van der Waals surface area contributed by atoms with Crippen LogP contribution in [-0.2, 0) is 19.5 Å². The third-order valence-electron chi connectivity index (χ3n) is 5.66. The van der Waals surface area contributed by atoms with E-state index in [2.05, 4.69) is 42.9 Å². The van der Waals surface area contributed by atoms with Crippen molar-refractivity contribution in [2.24, 2.45) is 4.99 Å². The average molecular weight is 544 g/mol. The van der Waals surface area contributed by atoms with Gasteiger partial charge in [-0.1, -0.05) is 30.2 Å². The van der Waals surface area contributed by atoms with Crippen molar-refractivity contribution < 1.29 is 0 Å². The van der Waals surface area contributed by atoms with Crippen molar-refractivity contribution in [3.05, 3.63) is 40.9 Å². The molecular weight excluding hydrogens is 513 g/mol. The molecule has 0 bridgehead atoms. The predicted molar refractivity (Wildman–Crippen MR) is 133 cm³/mol. The number of halogens is 2. The van der Waals surface area contributed by atoms with E-state index >= 15 is 0 Å². The molecule has 2 aliphatic heterocycles. The topological polar surface area (TPSA) is 61.6 Å². The van der Waals surface area contributed by atoms with Crippen molar-refractivity contribution in [1.29, 1.82) is 0 Å². The SMILES string of the molecule is CCNC(=NCc1nnc2n1CCCCC2)N1CCN(c2ccccc2Cl)CC1.I.